The van der Waals surface area contributed by atoms with E-state index in [0.29, 0.717) is 5.82 Å². The summed E-state index contributed by atoms with van der Waals surface area (Å²) >= 11 is 0. The minimum atomic E-state index is 0.287. The van der Waals surface area contributed by atoms with E-state index in [0.717, 1.165) is 11.1 Å². The summed E-state index contributed by atoms with van der Waals surface area (Å²) in [5.74, 6) is 0.613. The molecule has 0 amide bonds. The molecule has 0 fully saturated rings. The Morgan fingerprint density at radius 2 is 1.93 bits per heavy atom. The Bertz CT molecular complexity index is 879. The maximum atomic E-state index is 3.99. The Hall–Kier alpha value is -2.75. The minimum Gasteiger partial charge on any atom is -0.177 e. The van der Waals surface area contributed by atoms with E-state index in [4.69, 9.17) is 0 Å². The SMILES string of the molecule is CC(C=CC1=C(C)CCCC1(C)C)=CC=Cc1ccc(-c2nn[nH]n2)cc1. The molecule has 1 aliphatic carbocycles. The van der Waals surface area contributed by atoms with Gasteiger partial charge < -0.3 is 0 Å². The van der Waals surface area contributed by atoms with Crippen LogP contribution in [-0.4, -0.2) is 20.6 Å². The van der Waals surface area contributed by atoms with Crippen LogP contribution in [0.2, 0.25) is 0 Å². The van der Waals surface area contributed by atoms with Crippen molar-refractivity contribution in [2.24, 2.45) is 5.41 Å². The average Bonchev–Trinajstić information content (AvgIpc) is 3.16. The highest BCUT2D eigenvalue weighted by molar-refractivity contribution is 5.59. The van der Waals surface area contributed by atoms with Gasteiger partial charge in [-0.15, -0.1) is 10.2 Å². The van der Waals surface area contributed by atoms with Gasteiger partial charge in [-0.1, -0.05) is 79.6 Å². The second-order valence-corrected chi connectivity index (χ2v) is 7.89. The van der Waals surface area contributed by atoms with Crippen LogP contribution in [0, 0.1) is 5.41 Å². The number of hydrogen-bond acceptors (Lipinski definition) is 3. The molecule has 1 aromatic carbocycles. The van der Waals surface area contributed by atoms with E-state index in [9.17, 15) is 0 Å². The molecule has 1 heterocycles. The highest BCUT2D eigenvalue weighted by Crippen LogP contribution is 2.40. The molecule has 0 spiro atoms. The summed E-state index contributed by atoms with van der Waals surface area (Å²) < 4.78 is 0. The van der Waals surface area contributed by atoms with E-state index in [2.05, 4.69) is 90.8 Å². The van der Waals surface area contributed by atoms with Gasteiger partial charge in [-0.3, -0.25) is 0 Å². The fourth-order valence-corrected chi connectivity index (χ4v) is 3.62. The van der Waals surface area contributed by atoms with E-state index in [1.807, 2.05) is 12.1 Å². The molecular formula is C23H28N4. The van der Waals surface area contributed by atoms with Gasteiger partial charge in [0.1, 0.15) is 0 Å². The molecule has 1 aliphatic rings. The van der Waals surface area contributed by atoms with Crippen LogP contribution in [0.4, 0.5) is 0 Å². The second kappa shape index (κ2) is 8.30. The Morgan fingerprint density at radius 3 is 2.59 bits per heavy atom. The predicted octanol–water partition coefficient (Wildman–Crippen LogP) is 5.91. The standard InChI is InChI=1S/C23H28N4/c1-17(10-15-21-18(2)8-6-16-23(21,3)4)7-5-9-19-11-13-20(14-12-19)22-24-26-27-25-22/h5,7,9-15H,6,8,16H2,1-4H3,(H,24,25,26,27). The van der Waals surface area contributed by atoms with Gasteiger partial charge in [0.25, 0.3) is 0 Å². The normalized spacial score (nSPS) is 18.0. The number of H-pyrrole nitrogens is 1. The first-order valence-electron chi connectivity index (χ1n) is 9.53. The Labute approximate surface area is 161 Å². The molecule has 140 valence electrons. The monoisotopic (exact) mass is 360 g/mol. The van der Waals surface area contributed by atoms with E-state index in [1.54, 1.807) is 0 Å². The molecule has 3 rings (SSSR count). The first-order valence-corrected chi connectivity index (χ1v) is 9.53. The van der Waals surface area contributed by atoms with Crippen LogP contribution in [0.3, 0.4) is 0 Å². The molecule has 27 heavy (non-hydrogen) atoms. The van der Waals surface area contributed by atoms with E-state index in [-0.39, 0.29) is 5.41 Å². The summed E-state index contributed by atoms with van der Waals surface area (Å²) in [6.45, 7) is 9.13. The van der Waals surface area contributed by atoms with Crippen LogP contribution in [-0.2, 0) is 0 Å². The number of hydrogen-bond donors (Lipinski definition) is 1. The van der Waals surface area contributed by atoms with Crippen molar-refractivity contribution < 1.29 is 0 Å². The van der Waals surface area contributed by atoms with Gasteiger partial charge in [0.05, 0.1) is 0 Å². The zero-order valence-corrected chi connectivity index (χ0v) is 16.7. The number of rotatable bonds is 5. The second-order valence-electron chi connectivity index (χ2n) is 7.89. The zero-order chi connectivity index (χ0) is 19.3. The maximum Gasteiger partial charge on any atom is 0.204 e. The van der Waals surface area contributed by atoms with Crippen molar-refractivity contribution >= 4 is 6.08 Å². The number of tetrazole rings is 1. The predicted molar refractivity (Wildman–Crippen MR) is 112 cm³/mol. The fraction of sp³-hybridized carbons (Fsp3) is 0.348. The van der Waals surface area contributed by atoms with Crippen molar-refractivity contribution in [1.29, 1.82) is 0 Å². The molecule has 0 radical (unpaired) electrons. The van der Waals surface area contributed by atoms with Crippen LogP contribution in [0.15, 0.2) is 65.3 Å². The number of benzene rings is 1. The smallest absolute Gasteiger partial charge is 0.177 e. The molecule has 0 atom stereocenters. The first-order chi connectivity index (χ1) is 13.0. The third-order valence-corrected chi connectivity index (χ3v) is 5.22. The Morgan fingerprint density at radius 1 is 1.15 bits per heavy atom. The summed E-state index contributed by atoms with van der Waals surface area (Å²) in [6.07, 6.45) is 14.7. The van der Waals surface area contributed by atoms with Gasteiger partial charge in [0, 0.05) is 5.56 Å². The number of aromatic amines is 1. The summed E-state index contributed by atoms with van der Waals surface area (Å²) in [4.78, 5) is 0. The largest absolute Gasteiger partial charge is 0.204 e. The summed E-state index contributed by atoms with van der Waals surface area (Å²) in [5, 5.41) is 14.0. The Kier molecular flexibility index (Phi) is 5.84. The van der Waals surface area contributed by atoms with Crippen molar-refractivity contribution in [3.63, 3.8) is 0 Å². The van der Waals surface area contributed by atoms with Crippen molar-refractivity contribution in [3.05, 3.63) is 70.9 Å². The molecule has 0 saturated carbocycles. The van der Waals surface area contributed by atoms with Crippen molar-refractivity contribution in [2.75, 3.05) is 0 Å². The number of nitrogens with one attached hydrogen (secondary N) is 1. The molecule has 0 saturated heterocycles. The van der Waals surface area contributed by atoms with Crippen molar-refractivity contribution in [1.82, 2.24) is 20.6 Å². The Balaban J connectivity index is 1.65. The minimum absolute atomic E-state index is 0.287. The molecule has 1 N–H and O–H groups in total. The van der Waals surface area contributed by atoms with E-state index >= 15 is 0 Å². The lowest BCUT2D eigenvalue weighted by molar-refractivity contribution is 0.377. The molecular weight excluding hydrogens is 332 g/mol. The fourth-order valence-electron chi connectivity index (χ4n) is 3.62. The molecule has 2 aromatic rings. The molecule has 4 nitrogen and oxygen atoms in total. The highest BCUT2D eigenvalue weighted by atomic mass is 15.5. The highest BCUT2D eigenvalue weighted by Gasteiger charge is 2.26. The average molecular weight is 361 g/mol. The number of nitrogens with zero attached hydrogens (tertiary/aromatic N) is 3. The van der Waals surface area contributed by atoms with E-state index in [1.165, 1.54) is 36.0 Å². The summed E-state index contributed by atoms with van der Waals surface area (Å²) in [7, 11) is 0. The van der Waals surface area contributed by atoms with Crippen LogP contribution < -0.4 is 0 Å². The lowest BCUT2D eigenvalue weighted by atomic mass is 9.72. The molecule has 4 heteroatoms. The molecule has 0 aliphatic heterocycles. The third kappa shape index (κ3) is 4.91. The van der Waals surface area contributed by atoms with Crippen LogP contribution in [0.25, 0.3) is 17.5 Å². The van der Waals surface area contributed by atoms with Crippen LogP contribution >= 0.6 is 0 Å². The van der Waals surface area contributed by atoms with Crippen LogP contribution in [0.5, 0.6) is 0 Å². The van der Waals surface area contributed by atoms with Gasteiger partial charge in [0.15, 0.2) is 0 Å². The number of allylic oxidation sites excluding steroid dienone is 7. The lowest BCUT2D eigenvalue weighted by Crippen LogP contribution is -2.19. The topological polar surface area (TPSA) is 54.5 Å². The van der Waals surface area contributed by atoms with Crippen molar-refractivity contribution in [3.8, 4) is 11.4 Å². The summed E-state index contributed by atoms with van der Waals surface area (Å²) in [5.41, 5.74) is 6.66. The molecule has 0 bridgehead atoms. The zero-order valence-electron chi connectivity index (χ0n) is 16.7. The van der Waals surface area contributed by atoms with Gasteiger partial charge in [-0.05, 0) is 54.9 Å². The maximum absolute atomic E-state index is 3.99. The first kappa shape index (κ1) is 19.0. The quantitative estimate of drug-likeness (QED) is 0.674. The number of aromatic nitrogens is 4. The molecule has 0 unspecified atom stereocenters. The van der Waals surface area contributed by atoms with Crippen LogP contribution in [0.1, 0.15) is 52.5 Å². The van der Waals surface area contributed by atoms with Gasteiger partial charge in [-0.25, -0.2) is 0 Å². The molecule has 1 aromatic heterocycles. The summed E-state index contributed by atoms with van der Waals surface area (Å²) in [6, 6.07) is 8.11. The van der Waals surface area contributed by atoms with Gasteiger partial charge in [-0.2, -0.15) is 5.21 Å². The third-order valence-electron chi connectivity index (χ3n) is 5.22. The van der Waals surface area contributed by atoms with Crippen molar-refractivity contribution in [2.45, 2.75) is 47.0 Å². The van der Waals surface area contributed by atoms with Gasteiger partial charge >= 0.3 is 0 Å². The van der Waals surface area contributed by atoms with E-state index < -0.39 is 0 Å². The lowest BCUT2D eigenvalue weighted by Gasteiger charge is -2.32. The van der Waals surface area contributed by atoms with Gasteiger partial charge in [0.2, 0.25) is 5.82 Å².